The molecule has 0 heterocycles. The molecule has 0 spiro atoms. The summed E-state index contributed by atoms with van der Waals surface area (Å²) in [7, 11) is -3.99. The second-order valence-corrected chi connectivity index (χ2v) is 6.25. The molecule has 0 saturated heterocycles. The van der Waals surface area contributed by atoms with Crippen molar-refractivity contribution in [1.29, 1.82) is 0 Å². The number of primary sulfonamides is 1. The number of hydrogen-bond acceptors (Lipinski definition) is 3. The molecule has 0 radical (unpaired) electrons. The van der Waals surface area contributed by atoms with Gasteiger partial charge < -0.3 is 5.32 Å². The van der Waals surface area contributed by atoms with Crippen molar-refractivity contribution in [3.63, 3.8) is 0 Å². The van der Waals surface area contributed by atoms with Crippen LogP contribution in [0.4, 0.5) is 10.1 Å². The van der Waals surface area contributed by atoms with E-state index in [1.165, 1.54) is 0 Å². The molecule has 1 amide bonds. The molecule has 1 saturated carbocycles. The second-order valence-electron chi connectivity index (χ2n) is 4.69. The van der Waals surface area contributed by atoms with Crippen LogP contribution in [0.1, 0.15) is 25.7 Å². The van der Waals surface area contributed by atoms with Crippen molar-refractivity contribution in [2.75, 3.05) is 5.32 Å². The summed E-state index contributed by atoms with van der Waals surface area (Å²) in [6.07, 6.45) is 3.62. The summed E-state index contributed by atoms with van der Waals surface area (Å²) in [5.41, 5.74) is 0.112. The van der Waals surface area contributed by atoms with E-state index in [-0.39, 0.29) is 22.4 Å². The summed E-state index contributed by atoms with van der Waals surface area (Å²) in [4.78, 5) is 11.5. The molecule has 19 heavy (non-hydrogen) atoms. The van der Waals surface area contributed by atoms with Crippen molar-refractivity contribution in [3.05, 3.63) is 24.0 Å². The Morgan fingerprint density at radius 1 is 1.26 bits per heavy atom. The average molecular weight is 286 g/mol. The summed E-state index contributed by atoms with van der Waals surface area (Å²) in [6, 6.07) is 3.05. The van der Waals surface area contributed by atoms with E-state index in [1.807, 2.05) is 0 Å². The number of carbonyl (C=O) groups excluding carboxylic acids is 1. The Balaban J connectivity index is 2.20. The zero-order chi connectivity index (χ0) is 14.0. The summed E-state index contributed by atoms with van der Waals surface area (Å²) < 4.78 is 35.7. The van der Waals surface area contributed by atoms with Crippen molar-refractivity contribution >= 4 is 21.6 Å². The SMILES string of the molecule is NS(=O)(=O)c1cc(F)cc(NC(=O)C2CCCC2)c1. The van der Waals surface area contributed by atoms with Crippen LogP contribution in [-0.4, -0.2) is 14.3 Å². The molecule has 0 unspecified atom stereocenters. The number of carbonyl (C=O) groups is 1. The number of amides is 1. The lowest BCUT2D eigenvalue weighted by Gasteiger charge is -2.11. The van der Waals surface area contributed by atoms with Gasteiger partial charge in [0, 0.05) is 11.6 Å². The second kappa shape index (κ2) is 5.26. The minimum atomic E-state index is -3.99. The molecule has 0 aromatic heterocycles. The molecule has 1 aromatic carbocycles. The maximum Gasteiger partial charge on any atom is 0.238 e. The standard InChI is InChI=1S/C12H15FN2O3S/c13-9-5-10(7-11(6-9)19(14,17)18)15-12(16)8-3-1-2-4-8/h5-8H,1-4H2,(H,15,16)(H2,14,17,18). The van der Waals surface area contributed by atoms with E-state index >= 15 is 0 Å². The van der Waals surface area contributed by atoms with Gasteiger partial charge >= 0.3 is 0 Å². The van der Waals surface area contributed by atoms with Crippen LogP contribution in [0, 0.1) is 11.7 Å². The Kier molecular flexibility index (Phi) is 3.86. The molecule has 0 bridgehead atoms. The van der Waals surface area contributed by atoms with Crippen LogP contribution in [0.25, 0.3) is 0 Å². The summed E-state index contributed by atoms with van der Waals surface area (Å²) in [5.74, 6) is -1.04. The molecule has 5 nitrogen and oxygen atoms in total. The van der Waals surface area contributed by atoms with Crippen LogP contribution in [0.3, 0.4) is 0 Å². The number of anilines is 1. The zero-order valence-electron chi connectivity index (χ0n) is 10.2. The van der Waals surface area contributed by atoms with Crippen LogP contribution in [0.15, 0.2) is 23.1 Å². The van der Waals surface area contributed by atoms with Gasteiger partial charge in [0.05, 0.1) is 4.90 Å². The number of nitrogens with one attached hydrogen (secondary N) is 1. The Labute approximate surface area is 111 Å². The minimum absolute atomic E-state index is 0.0822. The Morgan fingerprint density at radius 2 is 1.89 bits per heavy atom. The number of hydrogen-bond donors (Lipinski definition) is 2. The smallest absolute Gasteiger partial charge is 0.238 e. The predicted octanol–water partition coefficient (Wildman–Crippen LogP) is 1.60. The monoisotopic (exact) mass is 286 g/mol. The van der Waals surface area contributed by atoms with Gasteiger partial charge in [0.25, 0.3) is 0 Å². The van der Waals surface area contributed by atoms with E-state index in [1.54, 1.807) is 0 Å². The van der Waals surface area contributed by atoms with Gasteiger partial charge in [0.2, 0.25) is 15.9 Å². The third-order valence-corrected chi connectivity index (χ3v) is 4.09. The molecule has 1 aromatic rings. The van der Waals surface area contributed by atoms with Crippen LogP contribution in [0.2, 0.25) is 0 Å². The van der Waals surface area contributed by atoms with Gasteiger partial charge in [-0.15, -0.1) is 0 Å². The van der Waals surface area contributed by atoms with Gasteiger partial charge in [-0.1, -0.05) is 12.8 Å². The highest BCUT2D eigenvalue weighted by molar-refractivity contribution is 7.89. The molecule has 104 valence electrons. The van der Waals surface area contributed by atoms with Crippen LogP contribution in [-0.2, 0) is 14.8 Å². The van der Waals surface area contributed by atoms with E-state index in [4.69, 9.17) is 5.14 Å². The molecule has 1 aliphatic rings. The fraction of sp³-hybridized carbons (Fsp3) is 0.417. The lowest BCUT2D eigenvalue weighted by atomic mass is 10.1. The van der Waals surface area contributed by atoms with Crippen molar-refractivity contribution in [3.8, 4) is 0 Å². The van der Waals surface area contributed by atoms with Gasteiger partial charge in [-0.05, 0) is 31.0 Å². The summed E-state index contributed by atoms with van der Waals surface area (Å²) in [6.45, 7) is 0. The molecule has 1 fully saturated rings. The van der Waals surface area contributed by atoms with Gasteiger partial charge in [0.15, 0.2) is 0 Å². The maximum absolute atomic E-state index is 13.3. The number of nitrogens with two attached hydrogens (primary N) is 1. The Hall–Kier alpha value is -1.47. The lowest BCUT2D eigenvalue weighted by Crippen LogP contribution is -2.21. The first-order chi connectivity index (χ1) is 8.86. The van der Waals surface area contributed by atoms with E-state index in [2.05, 4.69) is 5.32 Å². The first-order valence-electron chi connectivity index (χ1n) is 6.00. The van der Waals surface area contributed by atoms with Gasteiger partial charge in [-0.2, -0.15) is 0 Å². The zero-order valence-corrected chi connectivity index (χ0v) is 11.0. The summed E-state index contributed by atoms with van der Waals surface area (Å²) in [5, 5.41) is 7.48. The van der Waals surface area contributed by atoms with E-state index in [9.17, 15) is 17.6 Å². The number of benzene rings is 1. The Morgan fingerprint density at radius 3 is 2.47 bits per heavy atom. The average Bonchev–Trinajstić information content (AvgIpc) is 2.80. The highest BCUT2D eigenvalue weighted by Crippen LogP contribution is 2.26. The first kappa shape index (κ1) is 14.0. The van der Waals surface area contributed by atoms with Gasteiger partial charge in [-0.3, -0.25) is 4.79 Å². The van der Waals surface area contributed by atoms with Gasteiger partial charge in [-0.25, -0.2) is 17.9 Å². The molecular formula is C12H15FN2O3S. The number of halogens is 1. The van der Waals surface area contributed by atoms with Crippen molar-refractivity contribution in [2.24, 2.45) is 11.1 Å². The largest absolute Gasteiger partial charge is 0.326 e. The molecule has 2 rings (SSSR count). The fourth-order valence-corrected chi connectivity index (χ4v) is 2.80. The fourth-order valence-electron chi connectivity index (χ4n) is 2.23. The summed E-state index contributed by atoms with van der Waals surface area (Å²) >= 11 is 0. The molecule has 7 heteroatoms. The van der Waals surface area contributed by atoms with E-state index in [0.717, 1.165) is 43.9 Å². The molecule has 0 aliphatic heterocycles. The first-order valence-corrected chi connectivity index (χ1v) is 7.55. The topological polar surface area (TPSA) is 89.3 Å². The highest BCUT2D eigenvalue weighted by Gasteiger charge is 2.23. The van der Waals surface area contributed by atoms with Crippen LogP contribution < -0.4 is 10.5 Å². The van der Waals surface area contributed by atoms with Crippen LogP contribution in [0.5, 0.6) is 0 Å². The van der Waals surface area contributed by atoms with Crippen molar-refractivity contribution in [1.82, 2.24) is 0 Å². The maximum atomic E-state index is 13.3. The van der Waals surface area contributed by atoms with Crippen molar-refractivity contribution in [2.45, 2.75) is 30.6 Å². The highest BCUT2D eigenvalue weighted by atomic mass is 32.2. The molecule has 3 N–H and O–H groups in total. The normalized spacial score (nSPS) is 16.5. The minimum Gasteiger partial charge on any atom is -0.326 e. The lowest BCUT2D eigenvalue weighted by molar-refractivity contribution is -0.119. The Bertz CT molecular complexity index is 595. The van der Waals surface area contributed by atoms with Crippen molar-refractivity contribution < 1.29 is 17.6 Å². The number of sulfonamides is 1. The van der Waals surface area contributed by atoms with Crippen LogP contribution >= 0.6 is 0 Å². The third kappa shape index (κ3) is 3.51. The van der Waals surface area contributed by atoms with E-state index < -0.39 is 15.8 Å². The molecular weight excluding hydrogens is 271 g/mol. The van der Waals surface area contributed by atoms with Gasteiger partial charge in [0.1, 0.15) is 5.82 Å². The molecule has 1 aliphatic carbocycles. The van der Waals surface area contributed by atoms with E-state index in [0.29, 0.717) is 0 Å². The number of rotatable bonds is 3. The quantitative estimate of drug-likeness (QED) is 0.884. The third-order valence-electron chi connectivity index (χ3n) is 3.19. The molecule has 0 atom stereocenters. The predicted molar refractivity (Wildman–Crippen MR) is 68.4 cm³/mol.